The van der Waals surface area contributed by atoms with E-state index in [1.807, 2.05) is 6.92 Å². The van der Waals surface area contributed by atoms with Crippen LogP contribution in [0, 0.1) is 22.5 Å². The fraction of sp³-hybridized carbons (Fsp3) is 0.0800. The number of hydrogen-bond acceptors (Lipinski definition) is 5. The van der Waals surface area contributed by atoms with Crippen molar-refractivity contribution in [2.75, 3.05) is 11.8 Å². The van der Waals surface area contributed by atoms with Gasteiger partial charge in [0.15, 0.2) is 5.82 Å². The van der Waals surface area contributed by atoms with Crippen LogP contribution in [0.4, 0.5) is 18.9 Å². The molecule has 0 bridgehead atoms. The molecule has 0 saturated carbocycles. The summed E-state index contributed by atoms with van der Waals surface area (Å²) in [7, 11) is 1.21. The second kappa shape index (κ2) is 10.2. The van der Waals surface area contributed by atoms with Crippen molar-refractivity contribution in [1.82, 2.24) is 20.2 Å². The van der Waals surface area contributed by atoms with Crippen LogP contribution < -0.4 is 20.1 Å². The summed E-state index contributed by atoms with van der Waals surface area (Å²) in [6.45, 7) is 5.69. The first-order valence-corrected chi connectivity index (χ1v) is 13.0. The fourth-order valence-electron chi connectivity index (χ4n) is 3.81. The van der Waals surface area contributed by atoms with E-state index in [4.69, 9.17) is 4.74 Å². The lowest BCUT2D eigenvalue weighted by Crippen LogP contribution is -2.16. The van der Waals surface area contributed by atoms with Crippen molar-refractivity contribution in [3.8, 4) is 17.0 Å². The maximum Gasteiger partial charge on any atom is 0.231 e. The summed E-state index contributed by atoms with van der Waals surface area (Å²) < 4.78 is 67.2. The Labute approximate surface area is 214 Å². The number of nitrogens with zero attached hydrogens (tertiary/aromatic N) is 2. The number of nitrogens with one attached hydrogen (secondary N) is 3. The van der Waals surface area contributed by atoms with Crippen LogP contribution in [0.25, 0.3) is 22.9 Å². The third-order valence-electron chi connectivity index (χ3n) is 5.61. The summed E-state index contributed by atoms with van der Waals surface area (Å²) in [5.74, 6) is 1.52. The summed E-state index contributed by atoms with van der Waals surface area (Å²) in [5, 5.41) is 6.46. The standard InChI is InChI=1S/C25H23F3N5O2PS/c1-5-33-19(14(2)23-29-10-11-30-23)9-6-16(25(33)36)21-17(27)7-8-18(22(21)28)32-37(4,34)20-12-15(26)13-31-24(20)35-3/h5-13,29-30,36H,1,4H2,2-3H3,(H,32,34). The van der Waals surface area contributed by atoms with E-state index in [2.05, 4.69) is 41.7 Å². The topological polar surface area (TPSA) is 80.2 Å². The predicted octanol–water partition coefficient (Wildman–Crippen LogP) is 5.21. The third kappa shape index (κ3) is 4.87. The number of benzene rings is 1. The summed E-state index contributed by atoms with van der Waals surface area (Å²) in [5.41, 5.74) is 0.987. The molecule has 4 rings (SSSR count). The van der Waals surface area contributed by atoms with E-state index < -0.39 is 27.2 Å². The van der Waals surface area contributed by atoms with Gasteiger partial charge in [0.2, 0.25) is 5.88 Å². The van der Waals surface area contributed by atoms with Gasteiger partial charge in [0.05, 0.1) is 45.0 Å². The molecule has 0 spiro atoms. The Morgan fingerprint density at radius 1 is 1.22 bits per heavy atom. The molecule has 2 aromatic heterocycles. The molecule has 0 saturated heterocycles. The summed E-state index contributed by atoms with van der Waals surface area (Å²) in [6.07, 6.45) is 5.85. The molecule has 0 aliphatic carbocycles. The van der Waals surface area contributed by atoms with Crippen LogP contribution in [0.5, 0.6) is 5.88 Å². The Morgan fingerprint density at radius 2 is 1.92 bits per heavy atom. The van der Waals surface area contributed by atoms with Crippen molar-refractivity contribution in [1.29, 1.82) is 0 Å². The normalized spacial score (nSPS) is 13.9. The molecule has 1 aliphatic heterocycles. The minimum absolute atomic E-state index is 0.146. The van der Waals surface area contributed by atoms with E-state index >= 15 is 8.78 Å². The average Bonchev–Trinajstić information content (AvgIpc) is 3.41. The van der Waals surface area contributed by atoms with Gasteiger partial charge in [-0.25, -0.2) is 22.4 Å². The molecular formula is C25H23F3N5O2PS. The van der Waals surface area contributed by atoms with Crippen molar-refractivity contribution in [2.45, 2.75) is 11.8 Å². The largest absolute Gasteiger partial charge is 0.480 e. The fourth-order valence-corrected chi connectivity index (χ4v) is 5.58. The van der Waals surface area contributed by atoms with Gasteiger partial charge in [0.25, 0.3) is 0 Å². The zero-order chi connectivity index (χ0) is 26.9. The van der Waals surface area contributed by atoms with Crippen molar-refractivity contribution in [3.05, 3.63) is 89.5 Å². The highest BCUT2D eigenvalue weighted by molar-refractivity contribution is 8.01. The molecule has 0 fully saturated rings. The van der Waals surface area contributed by atoms with E-state index in [9.17, 15) is 8.60 Å². The van der Waals surface area contributed by atoms with Crippen LogP contribution in [-0.4, -0.2) is 26.7 Å². The number of aromatic nitrogens is 2. The smallest absolute Gasteiger partial charge is 0.231 e. The van der Waals surface area contributed by atoms with E-state index in [-0.39, 0.29) is 27.6 Å². The van der Waals surface area contributed by atoms with Gasteiger partial charge in [-0.15, -0.1) is 0 Å². The van der Waals surface area contributed by atoms with E-state index in [0.717, 1.165) is 35.8 Å². The summed E-state index contributed by atoms with van der Waals surface area (Å²) in [6, 6.07) is 6.29. The summed E-state index contributed by atoms with van der Waals surface area (Å²) in [4.78, 5) is 3.54. The monoisotopic (exact) mass is 545 g/mol. The van der Waals surface area contributed by atoms with Crippen LogP contribution in [0.1, 0.15) is 12.6 Å². The minimum Gasteiger partial charge on any atom is -0.480 e. The van der Waals surface area contributed by atoms with Crippen LogP contribution in [0.3, 0.4) is 0 Å². The number of allylic oxidation sites excluding steroid dienone is 1. The Balaban J connectivity index is 1.82. The van der Waals surface area contributed by atoms with Gasteiger partial charge in [-0.1, -0.05) is 15.4 Å². The molecule has 3 heterocycles. The quantitative estimate of drug-likeness (QED) is 0.281. The van der Waals surface area contributed by atoms with Crippen molar-refractivity contribution < 1.29 is 22.1 Å². The van der Waals surface area contributed by atoms with E-state index in [0.29, 0.717) is 10.8 Å². The SMILES string of the molecule is C=Cn1c(C(C)=C2NC=CN2)ccc(-c2c(F)ccc(NS(=C)(=O)c3cc(F)cnc3OC)c2F)c1=P. The molecular weight excluding hydrogens is 522 g/mol. The molecule has 1 atom stereocenters. The number of rotatable bonds is 7. The molecule has 1 aliphatic rings. The van der Waals surface area contributed by atoms with Gasteiger partial charge >= 0.3 is 0 Å². The molecule has 12 heteroatoms. The number of ether oxygens (including phenoxy) is 1. The van der Waals surface area contributed by atoms with E-state index in [1.54, 1.807) is 29.1 Å². The van der Waals surface area contributed by atoms with Crippen LogP contribution in [0.2, 0.25) is 0 Å². The van der Waals surface area contributed by atoms with Gasteiger partial charge < -0.3 is 24.7 Å². The lowest BCUT2D eigenvalue weighted by Gasteiger charge is -2.19. The summed E-state index contributed by atoms with van der Waals surface area (Å²) >= 11 is 0. The first-order chi connectivity index (χ1) is 17.6. The van der Waals surface area contributed by atoms with Gasteiger partial charge in [0, 0.05) is 29.7 Å². The first-order valence-electron chi connectivity index (χ1n) is 10.7. The number of halogens is 3. The lowest BCUT2D eigenvalue weighted by molar-refractivity contribution is 0.383. The second-order valence-electron chi connectivity index (χ2n) is 7.88. The Kier molecular flexibility index (Phi) is 7.20. The Bertz CT molecular complexity index is 1640. The maximum atomic E-state index is 15.8. The number of hydrogen-bond donors (Lipinski definition) is 3. The highest BCUT2D eigenvalue weighted by Gasteiger charge is 2.23. The van der Waals surface area contributed by atoms with Gasteiger partial charge in [0.1, 0.15) is 22.4 Å². The number of pyridine rings is 2. The number of anilines is 1. The lowest BCUT2D eigenvalue weighted by atomic mass is 10.0. The molecule has 1 unspecified atom stereocenters. The molecule has 192 valence electrons. The maximum absolute atomic E-state index is 15.8. The van der Waals surface area contributed by atoms with Crippen molar-refractivity contribution >= 4 is 41.9 Å². The predicted molar refractivity (Wildman–Crippen MR) is 144 cm³/mol. The zero-order valence-corrected chi connectivity index (χ0v) is 21.7. The molecule has 0 amide bonds. The van der Waals surface area contributed by atoms with Gasteiger partial charge in [-0.3, -0.25) is 0 Å². The van der Waals surface area contributed by atoms with Crippen molar-refractivity contribution in [3.63, 3.8) is 0 Å². The number of methoxy groups -OCH3 is 1. The molecule has 3 N–H and O–H groups in total. The molecule has 7 nitrogen and oxygen atoms in total. The molecule has 3 aromatic rings. The molecule has 37 heavy (non-hydrogen) atoms. The van der Waals surface area contributed by atoms with Crippen LogP contribution in [0.15, 0.2) is 66.2 Å². The minimum atomic E-state index is -3.56. The zero-order valence-electron chi connectivity index (χ0n) is 19.9. The second-order valence-corrected chi connectivity index (χ2v) is 10.3. The van der Waals surface area contributed by atoms with E-state index in [1.165, 1.54) is 13.3 Å². The molecule has 1 aromatic carbocycles. The third-order valence-corrected chi connectivity index (χ3v) is 7.68. The molecule has 0 radical (unpaired) electrons. The van der Waals surface area contributed by atoms with Crippen molar-refractivity contribution in [2.24, 2.45) is 0 Å². The van der Waals surface area contributed by atoms with Gasteiger partial charge in [-0.2, -0.15) is 0 Å². The van der Waals surface area contributed by atoms with Crippen LogP contribution >= 0.6 is 8.86 Å². The highest BCUT2D eigenvalue weighted by Crippen LogP contribution is 2.35. The van der Waals surface area contributed by atoms with Crippen LogP contribution in [-0.2, 0) is 9.71 Å². The van der Waals surface area contributed by atoms with Gasteiger partial charge in [-0.05, 0) is 43.1 Å². The highest BCUT2D eigenvalue weighted by atomic mass is 32.2. The Morgan fingerprint density at radius 3 is 2.57 bits per heavy atom. The Hall–Kier alpha value is -3.95. The average molecular weight is 546 g/mol. The first kappa shape index (κ1) is 26.1.